The fourth-order valence-electron chi connectivity index (χ4n) is 0.538. The molecular weight excluding hydrogens is 179 g/mol. The fraction of sp³-hybridized carbons (Fsp3) is 0.571. The van der Waals surface area contributed by atoms with Gasteiger partial charge in [-0.25, -0.2) is 4.79 Å². The normalized spacial score (nSPS) is 14.9. The van der Waals surface area contributed by atoms with Crippen LogP contribution in [0.3, 0.4) is 0 Å². The molecule has 0 aliphatic heterocycles. The molecule has 2 atom stereocenters. The van der Waals surface area contributed by atoms with E-state index in [4.69, 9.17) is 4.89 Å². The molecule has 0 saturated heterocycles. The number of hydrogen-bond donors (Lipinski definition) is 1. The van der Waals surface area contributed by atoms with Crippen LogP contribution in [0, 0.1) is 0 Å². The second kappa shape index (κ2) is 5.12. The summed E-state index contributed by atoms with van der Waals surface area (Å²) in [4.78, 5) is 19.5. The number of ether oxygens (including phenoxy) is 1. The van der Waals surface area contributed by atoms with E-state index in [-0.39, 0.29) is 5.57 Å². The van der Waals surface area contributed by atoms with Gasteiger partial charge in [0, 0.05) is 5.57 Å². The molecule has 0 rings (SSSR count). The minimum Gasteiger partial charge on any atom is -0.449 e. The molecule has 1 N–H and O–H groups in total. The van der Waals surface area contributed by atoms with E-state index in [9.17, 15) is 9.36 Å². The predicted molar refractivity (Wildman–Crippen MR) is 46.2 cm³/mol. The highest BCUT2D eigenvalue weighted by Crippen LogP contribution is 2.26. The third-order valence-electron chi connectivity index (χ3n) is 1.24. The van der Waals surface area contributed by atoms with E-state index < -0.39 is 19.8 Å². The lowest BCUT2D eigenvalue weighted by molar-refractivity contribution is -0.141. The third-order valence-corrected chi connectivity index (χ3v) is 2.32. The summed E-state index contributed by atoms with van der Waals surface area (Å²) >= 11 is 0. The van der Waals surface area contributed by atoms with Gasteiger partial charge in [-0.3, -0.25) is 4.57 Å². The average Bonchev–Trinajstić information content (AvgIpc) is 1.98. The summed E-state index contributed by atoms with van der Waals surface area (Å²) in [7, 11) is -2.79. The van der Waals surface area contributed by atoms with Crippen LogP contribution in [-0.4, -0.2) is 16.7 Å². The Bertz CT molecular complexity index is 211. The van der Waals surface area contributed by atoms with Gasteiger partial charge in [-0.15, -0.1) is 0 Å². The van der Waals surface area contributed by atoms with Gasteiger partial charge < -0.3 is 9.63 Å². The van der Waals surface area contributed by atoms with Crippen molar-refractivity contribution in [3.8, 4) is 0 Å². The Hall–Kier alpha value is -0.600. The molecule has 0 aliphatic carbocycles. The number of hydrogen-bond acceptors (Lipinski definition) is 3. The van der Waals surface area contributed by atoms with Crippen LogP contribution in [0.1, 0.15) is 20.3 Å². The summed E-state index contributed by atoms with van der Waals surface area (Å²) < 4.78 is 15.2. The molecule has 5 heteroatoms. The molecule has 0 amide bonds. The van der Waals surface area contributed by atoms with E-state index in [1.54, 1.807) is 6.92 Å². The first-order valence-electron chi connectivity index (χ1n) is 3.58. The Morgan fingerprint density at radius 3 is 2.50 bits per heavy atom. The van der Waals surface area contributed by atoms with Crippen molar-refractivity contribution in [1.29, 1.82) is 0 Å². The lowest BCUT2D eigenvalue weighted by Crippen LogP contribution is -2.14. The summed E-state index contributed by atoms with van der Waals surface area (Å²) in [5.41, 5.74) is 0.233. The van der Waals surface area contributed by atoms with Crippen molar-refractivity contribution in [1.82, 2.24) is 0 Å². The van der Waals surface area contributed by atoms with Gasteiger partial charge in [-0.05, 0) is 13.3 Å². The third kappa shape index (κ3) is 3.69. The van der Waals surface area contributed by atoms with E-state index in [0.717, 1.165) is 0 Å². The van der Waals surface area contributed by atoms with Crippen molar-refractivity contribution in [3.05, 3.63) is 12.2 Å². The van der Waals surface area contributed by atoms with Gasteiger partial charge >= 0.3 is 5.97 Å². The maximum atomic E-state index is 10.9. The largest absolute Gasteiger partial charge is 0.449 e. The predicted octanol–water partition coefficient (Wildman–Crippen LogP) is 1.31. The van der Waals surface area contributed by atoms with Gasteiger partial charge in [-0.2, -0.15) is 0 Å². The summed E-state index contributed by atoms with van der Waals surface area (Å²) in [6.45, 7) is 6.52. The lowest BCUT2D eigenvalue weighted by atomic mass is 10.4. The van der Waals surface area contributed by atoms with Gasteiger partial charge in [0.2, 0.25) is 8.03 Å². The standard InChI is InChI=1S/C7H13O4P/c1-4-6(12(9)10)11-7(8)5(2)3/h6,12H,2,4H2,1,3H3,(H,9,10). The van der Waals surface area contributed by atoms with Gasteiger partial charge in [0.25, 0.3) is 0 Å². The molecule has 0 aliphatic rings. The monoisotopic (exact) mass is 192 g/mol. The van der Waals surface area contributed by atoms with Crippen molar-refractivity contribution in [3.63, 3.8) is 0 Å². The van der Waals surface area contributed by atoms with E-state index in [1.807, 2.05) is 0 Å². The smallest absolute Gasteiger partial charge is 0.333 e. The molecule has 0 bridgehead atoms. The molecule has 2 unspecified atom stereocenters. The Kier molecular flexibility index (Phi) is 4.86. The minimum absolute atomic E-state index is 0.233. The van der Waals surface area contributed by atoms with Crippen LogP contribution < -0.4 is 0 Å². The molecule has 70 valence electrons. The van der Waals surface area contributed by atoms with E-state index in [2.05, 4.69) is 11.3 Å². The molecule has 0 aromatic heterocycles. The lowest BCUT2D eigenvalue weighted by Gasteiger charge is -2.12. The molecule has 0 saturated carbocycles. The molecule has 0 spiro atoms. The van der Waals surface area contributed by atoms with Crippen molar-refractivity contribution in [2.75, 3.05) is 0 Å². The summed E-state index contributed by atoms with van der Waals surface area (Å²) in [6, 6.07) is 0. The van der Waals surface area contributed by atoms with Crippen LogP contribution in [0.25, 0.3) is 0 Å². The number of carbonyl (C=O) groups is 1. The van der Waals surface area contributed by atoms with Crippen molar-refractivity contribution in [2.45, 2.75) is 26.1 Å². The second-order valence-corrected chi connectivity index (χ2v) is 3.74. The number of rotatable bonds is 4. The van der Waals surface area contributed by atoms with Crippen molar-refractivity contribution in [2.24, 2.45) is 0 Å². The maximum absolute atomic E-state index is 10.9. The zero-order chi connectivity index (χ0) is 9.72. The van der Waals surface area contributed by atoms with Gasteiger partial charge in [0.05, 0.1) is 0 Å². The second-order valence-electron chi connectivity index (χ2n) is 2.42. The topological polar surface area (TPSA) is 63.6 Å². The summed E-state index contributed by atoms with van der Waals surface area (Å²) in [5, 5.41) is 0. The average molecular weight is 192 g/mol. The molecule has 4 nitrogen and oxygen atoms in total. The van der Waals surface area contributed by atoms with E-state index in [1.165, 1.54) is 6.92 Å². The van der Waals surface area contributed by atoms with Crippen LogP contribution >= 0.6 is 8.03 Å². The molecule has 0 fully saturated rings. The first-order valence-corrected chi connectivity index (χ1v) is 5.01. The Balaban J connectivity index is 4.12. The van der Waals surface area contributed by atoms with E-state index >= 15 is 0 Å². The zero-order valence-electron chi connectivity index (χ0n) is 7.16. The summed E-state index contributed by atoms with van der Waals surface area (Å²) in [6.07, 6.45) is 0.341. The molecular formula is C7H13O4P. The highest BCUT2D eigenvalue weighted by molar-refractivity contribution is 7.38. The first kappa shape index (κ1) is 11.4. The van der Waals surface area contributed by atoms with Crippen LogP contribution in [0.5, 0.6) is 0 Å². The summed E-state index contributed by atoms with van der Waals surface area (Å²) in [5.74, 6) is -1.49. The van der Waals surface area contributed by atoms with Gasteiger partial charge in [0.1, 0.15) is 0 Å². The highest BCUT2D eigenvalue weighted by Gasteiger charge is 2.17. The molecule has 0 radical (unpaired) electrons. The minimum atomic E-state index is -2.79. The van der Waals surface area contributed by atoms with Gasteiger partial charge in [0.15, 0.2) is 5.85 Å². The number of esters is 1. The fourth-order valence-corrected chi connectivity index (χ4v) is 1.10. The maximum Gasteiger partial charge on any atom is 0.333 e. The van der Waals surface area contributed by atoms with Gasteiger partial charge in [-0.1, -0.05) is 13.5 Å². The van der Waals surface area contributed by atoms with Crippen LogP contribution in [0.2, 0.25) is 0 Å². The van der Waals surface area contributed by atoms with Crippen LogP contribution in [0.15, 0.2) is 12.2 Å². The Morgan fingerprint density at radius 1 is 1.75 bits per heavy atom. The van der Waals surface area contributed by atoms with Crippen LogP contribution in [-0.2, 0) is 14.1 Å². The first-order chi connectivity index (χ1) is 5.49. The SMILES string of the molecule is C=C(C)C(=O)OC(CC)[PH](=O)O. The molecule has 12 heavy (non-hydrogen) atoms. The highest BCUT2D eigenvalue weighted by atomic mass is 31.1. The quantitative estimate of drug-likeness (QED) is 0.414. The van der Waals surface area contributed by atoms with Crippen LogP contribution in [0.4, 0.5) is 0 Å². The Labute approximate surface area is 72.1 Å². The molecule has 0 aromatic carbocycles. The molecule has 0 heterocycles. The zero-order valence-corrected chi connectivity index (χ0v) is 8.16. The van der Waals surface area contributed by atoms with E-state index in [0.29, 0.717) is 6.42 Å². The number of carbonyl (C=O) groups excluding carboxylic acids is 1. The Morgan fingerprint density at radius 2 is 2.25 bits per heavy atom. The van der Waals surface area contributed by atoms with Crippen molar-refractivity contribution >= 4 is 14.0 Å². The molecule has 0 aromatic rings. The van der Waals surface area contributed by atoms with Crippen molar-refractivity contribution < 1.29 is 19.0 Å².